The highest BCUT2D eigenvalue weighted by atomic mass is 32.1. The van der Waals surface area contributed by atoms with Gasteiger partial charge in [0.25, 0.3) is 0 Å². The molecule has 0 aliphatic carbocycles. The summed E-state index contributed by atoms with van der Waals surface area (Å²) in [6, 6.07) is 4.35. The number of hydrogen-bond donors (Lipinski definition) is 1. The first-order valence-corrected chi connectivity index (χ1v) is 4.40. The van der Waals surface area contributed by atoms with Crippen molar-refractivity contribution < 1.29 is 0 Å². The first-order valence-electron chi connectivity index (χ1n) is 3.59. The van der Waals surface area contributed by atoms with E-state index >= 15 is 0 Å². The first-order chi connectivity index (χ1) is 4.83. The lowest BCUT2D eigenvalue weighted by atomic mass is 10.4. The highest BCUT2D eigenvalue weighted by Crippen LogP contribution is 2.13. The molecule has 0 atom stereocenters. The van der Waals surface area contributed by atoms with Crippen molar-refractivity contribution in [1.82, 2.24) is 5.32 Å². The quantitative estimate of drug-likeness (QED) is 0.705. The van der Waals surface area contributed by atoms with E-state index in [1.165, 1.54) is 9.75 Å². The summed E-state index contributed by atoms with van der Waals surface area (Å²) >= 11 is 1.87. The van der Waals surface area contributed by atoms with Crippen molar-refractivity contribution in [3.63, 3.8) is 0 Å². The highest BCUT2D eigenvalue weighted by Gasteiger charge is 1.93. The Morgan fingerprint density at radius 3 is 2.80 bits per heavy atom. The molecule has 10 heavy (non-hydrogen) atoms. The van der Waals surface area contributed by atoms with Crippen molar-refractivity contribution >= 4 is 11.3 Å². The molecule has 0 saturated heterocycles. The Morgan fingerprint density at radius 1 is 1.50 bits per heavy atom. The molecule has 0 fully saturated rings. The van der Waals surface area contributed by atoms with Crippen LogP contribution in [0.5, 0.6) is 0 Å². The summed E-state index contributed by atoms with van der Waals surface area (Å²) in [5.41, 5.74) is 0. The van der Waals surface area contributed by atoms with E-state index in [9.17, 15) is 0 Å². The number of nitrogens with one attached hydrogen (secondary N) is 1. The van der Waals surface area contributed by atoms with Gasteiger partial charge >= 0.3 is 0 Å². The lowest BCUT2D eigenvalue weighted by Gasteiger charge is -1.95. The molecule has 1 aromatic rings. The normalized spacial score (nSPS) is 10.2. The zero-order chi connectivity index (χ0) is 7.40. The van der Waals surface area contributed by atoms with Gasteiger partial charge in [-0.3, -0.25) is 0 Å². The topological polar surface area (TPSA) is 12.0 Å². The van der Waals surface area contributed by atoms with Crippen LogP contribution in [0.2, 0.25) is 0 Å². The first kappa shape index (κ1) is 7.76. The molecular weight excluding hydrogens is 142 g/mol. The summed E-state index contributed by atoms with van der Waals surface area (Å²) in [5.74, 6) is 0. The van der Waals surface area contributed by atoms with Gasteiger partial charge in [-0.1, -0.05) is 6.92 Å². The maximum absolute atomic E-state index is 3.29. The molecule has 1 N–H and O–H groups in total. The van der Waals surface area contributed by atoms with E-state index in [1.807, 2.05) is 11.3 Å². The van der Waals surface area contributed by atoms with Crippen molar-refractivity contribution in [1.29, 1.82) is 0 Å². The van der Waals surface area contributed by atoms with Crippen molar-refractivity contribution in [2.75, 3.05) is 6.54 Å². The van der Waals surface area contributed by atoms with E-state index in [0.717, 1.165) is 13.1 Å². The second-order valence-electron chi connectivity index (χ2n) is 2.29. The molecule has 56 valence electrons. The van der Waals surface area contributed by atoms with Crippen molar-refractivity contribution in [2.24, 2.45) is 0 Å². The van der Waals surface area contributed by atoms with Crippen LogP contribution in [0.15, 0.2) is 12.1 Å². The van der Waals surface area contributed by atoms with E-state index < -0.39 is 0 Å². The Bertz CT molecular complexity index is 193. The van der Waals surface area contributed by atoms with Crippen LogP contribution in [0.4, 0.5) is 0 Å². The molecule has 2 heteroatoms. The summed E-state index contributed by atoms with van der Waals surface area (Å²) in [6.07, 6.45) is 0. The average molecular weight is 155 g/mol. The molecule has 0 bridgehead atoms. The van der Waals surface area contributed by atoms with Crippen LogP contribution < -0.4 is 5.32 Å². The predicted octanol–water partition coefficient (Wildman–Crippen LogP) is 2.17. The van der Waals surface area contributed by atoms with Gasteiger partial charge in [-0.2, -0.15) is 0 Å². The molecule has 1 nitrogen and oxygen atoms in total. The van der Waals surface area contributed by atoms with Crippen LogP contribution in [0, 0.1) is 6.92 Å². The fourth-order valence-electron chi connectivity index (χ4n) is 0.828. The van der Waals surface area contributed by atoms with Crippen LogP contribution in [0.25, 0.3) is 0 Å². The molecule has 0 aliphatic heterocycles. The van der Waals surface area contributed by atoms with Gasteiger partial charge in [0.15, 0.2) is 0 Å². The maximum Gasteiger partial charge on any atom is 0.0299 e. The van der Waals surface area contributed by atoms with Gasteiger partial charge in [0.1, 0.15) is 0 Å². The van der Waals surface area contributed by atoms with Gasteiger partial charge in [0, 0.05) is 16.3 Å². The molecule has 0 amide bonds. The monoisotopic (exact) mass is 155 g/mol. The van der Waals surface area contributed by atoms with Crippen LogP contribution in [0.1, 0.15) is 16.7 Å². The summed E-state index contributed by atoms with van der Waals surface area (Å²) in [4.78, 5) is 2.83. The molecule has 1 rings (SSSR count). The van der Waals surface area contributed by atoms with E-state index in [2.05, 4.69) is 31.3 Å². The van der Waals surface area contributed by atoms with Crippen molar-refractivity contribution in [3.05, 3.63) is 21.9 Å². The standard InChI is InChI=1S/C8H13NS/c1-3-9-6-8-5-4-7(2)10-8/h4-5,9H,3,6H2,1-2H3. The number of thiophene rings is 1. The second-order valence-corrected chi connectivity index (χ2v) is 3.67. The molecule has 0 saturated carbocycles. The number of hydrogen-bond acceptors (Lipinski definition) is 2. The van der Waals surface area contributed by atoms with E-state index in [1.54, 1.807) is 0 Å². The van der Waals surface area contributed by atoms with Gasteiger partial charge in [-0.05, 0) is 25.6 Å². The zero-order valence-corrected chi connectivity index (χ0v) is 7.29. The molecule has 0 aliphatic rings. The van der Waals surface area contributed by atoms with Gasteiger partial charge in [-0.25, -0.2) is 0 Å². The number of rotatable bonds is 3. The molecule has 0 aromatic carbocycles. The fourth-order valence-corrected chi connectivity index (χ4v) is 1.69. The summed E-state index contributed by atoms with van der Waals surface area (Å²) in [6.45, 7) is 6.34. The number of aryl methyl sites for hydroxylation is 1. The molecule has 0 radical (unpaired) electrons. The average Bonchev–Trinajstić information content (AvgIpc) is 2.31. The SMILES string of the molecule is CCNCc1ccc(C)s1. The Morgan fingerprint density at radius 2 is 2.30 bits per heavy atom. The molecule has 1 heterocycles. The minimum Gasteiger partial charge on any atom is -0.312 e. The van der Waals surface area contributed by atoms with Gasteiger partial charge in [-0.15, -0.1) is 11.3 Å². The highest BCUT2D eigenvalue weighted by molar-refractivity contribution is 7.11. The van der Waals surface area contributed by atoms with Gasteiger partial charge < -0.3 is 5.32 Å². The van der Waals surface area contributed by atoms with Gasteiger partial charge in [0.2, 0.25) is 0 Å². The largest absolute Gasteiger partial charge is 0.312 e. The van der Waals surface area contributed by atoms with Crippen LogP contribution >= 0.6 is 11.3 Å². The molecule has 1 aromatic heterocycles. The third kappa shape index (κ3) is 2.12. The van der Waals surface area contributed by atoms with Crippen LogP contribution in [-0.2, 0) is 6.54 Å². The summed E-state index contributed by atoms with van der Waals surface area (Å²) in [7, 11) is 0. The molecule has 0 spiro atoms. The summed E-state index contributed by atoms with van der Waals surface area (Å²) in [5, 5.41) is 3.29. The Balaban J connectivity index is 2.42. The smallest absolute Gasteiger partial charge is 0.0299 e. The van der Waals surface area contributed by atoms with Crippen LogP contribution in [-0.4, -0.2) is 6.54 Å². The Kier molecular flexibility index (Phi) is 2.90. The minimum absolute atomic E-state index is 1.02. The Labute approximate surface area is 66.1 Å². The third-order valence-electron chi connectivity index (χ3n) is 1.35. The second kappa shape index (κ2) is 3.74. The predicted molar refractivity (Wildman–Crippen MR) is 46.4 cm³/mol. The van der Waals surface area contributed by atoms with E-state index in [-0.39, 0.29) is 0 Å². The van der Waals surface area contributed by atoms with E-state index in [0.29, 0.717) is 0 Å². The third-order valence-corrected chi connectivity index (χ3v) is 2.35. The lowest BCUT2D eigenvalue weighted by Crippen LogP contribution is -2.10. The van der Waals surface area contributed by atoms with E-state index in [4.69, 9.17) is 0 Å². The minimum atomic E-state index is 1.02. The fraction of sp³-hybridized carbons (Fsp3) is 0.500. The maximum atomic E-state index is 3.29. The van der Waals surface area contributed by atoms with Crippen LogP contribution in [0.3, 0.4) is 0 Å². The van der Waals surface area contributed by atoms with Gasteiger partial charge in [0.05, 0.1) is 0 Å². The van der Waals surface area contributed by atoms with Crippen molar-refractivity contribution in [2.45, 2.75) is 20.4 Å². The molecule has 0 unspecified atom stereocenters. The molecular formula is C8H13NS. The Hall–Kier alpha value is -0.340. The zero-order valence-electron chi connectivity index (χ0n) is 6.48. The summed E-state index contributed by atoms with van der Waals surface area (Å²) < 4.78 is 0. The van der Waals surface area contributed by atoms with Crippen molar-refractivity contribution in [3.8, 4) is 0 Å². The lowest BCUT2D eigenvalue weighted by molar-refractivity contribution is 0.735.